The quantitative estimate of drug-likeness (QED) is 0.0861. The highest BCUT2D eigenvalue weighted by atomic mass is 32.1. The Morgan fingerprint density at radius 3 is 1.78 bits per heavy atom. The molecule has 0 N–H and O–H groups in total. The highest BCUT2D eigenvalue weighted by molar-refractivity contribution is 7.79. The van der Waals surface area contributed by atoms with Crippen molar-refractivity contribution in [1.82, 2.24) is 0 Å². The maximum absolute atomic E-state index is 13.1. The van der Waals surface area contributed by atoms with Gasteiger partial charge in [0.2, 0.25) is 0 Å². The van der Waals surface area contributed by atoms with Gasteiger partial charge in [0.15, 0.2) is 5.78 Å². The van der Waals surface area contributed by atoms with Gasteiger partial charge in [-0.25, -0.2) is 4.79 Å². The van der Waals surface area contributed by atoms with E-state index in [1.165, 1.54) is 31.9 Å². The van der Waals surface area contributed by atoms with E-state index in [0.717, 1.165) is 17.5 Å². The van der Waals surface area contributed by atoms with Crippen LogP contribution in [0.4, 0.5) is 0 Å². The Bertz CT molecular complexity index is 1960. The minimum Gasteiger partial charge on any atom is -0.462 e. The Morgan fingerprint density at radius 2 is 1.26 bits per heavy atom. The van der Waals surface area contributed by atoms with E-state index in [-0.39, 0.29) is 17.2 Å². The third-order valence-electron chi connectivity index (χ3n) is 8.84. The van der Waals surface area contributed by atoms with Crippen LogP contribution in [0.15, 0.2) is 157 Å². The summed E-state index contributed by atoms with van der Waals surface area (Å²) in [7, 11) is -0.446. The summed E-state index contributed by atoms with van der Waals surface area (Å²) in [5.74, 6) is -0.272. The molecule has 250 valence electrons. The van der Waals surface area contributed by atoms with Crippen molar-refractivity contribution in [2.45, 2.75) is 39.0 Å². The lowest BCUT2D eigenvalue weighted by Gasteiger charge is -2.32. The zero-order chi connectivity index (χ0) is 34.9. The number of hydrogen-bond donors (Lipinski definition) is 0. The number of esters is 1. The first-order valence-electron chi connectivity index (χ1n) is 17.0. The lowest BCUT2D eigenvalue weighted by atomic mass is 9.72. The van der Waals surface area contributed by atoms with Gasteiger partial charge in [0, 0.05) is 16.9 Å². The lowest BCUT2D eigenvalue weighted by Crippen LogP contribution is -2.22. The van der Waals surface area contributed by atoms with Gasteiger partial charge in [-0.3, -0.25) is 4.79 Å². The molecule has 1 heterocycles. The van der Waals surface area contributed by atoms with Crippen LogP contribution < -0.4 is 15.9 Å². The Morgan fingerprint density at radius 1 is 0.700 bits per heavy atom. The molecule has 1 aliphatic carbocycles. The van der Waals surface area contributed by atoms with Crippen molar-refractivity contribution in [3.63, 3.8) is 0 Å². The van der Waals surface area contributed by atoms with Gasteiger partial charge in [-0.1, -0.05) is 141 Å². The van der Waals surface area contributed by atoms with Crippen molar-refractivity contribution in [3.05, 3.63) is 190 Å². The molecule has 1 aromatic heterocycles. The third kappa shape index (κ3) is 8.28. The average Bonchev–Trinajstić information content (AvgIpc) is 3.69. The first-order valence-corrected chi connectivity index (χ1v) is 19.2. The highest BCUT2D eigenvalue weighted by Gasteiger charge is 2.29. The van der Waals surface area contributed by atoms with Crippen molar-refractivity contribution in [2.75, 3.05) is 6.61 Å². The summed E-state index contributed by atoms with van der Waals surface area (Å²) in [6, 6.07) is 49.7. The first kappa shape index (κ1) is 35.0. The van der Waals surface area contributed by atoms with E-state index in [1.807, 2.05) is 18.2 Å². The van der Waals surface area contributed by atoms with Crippen LogP contribution in [0, 0.1) is 0 Å². The van der Waals surface area contributed by atoms with Crippen molar-refractivity contribution in [1.29, 1.82) is 0 Å². The number of carbonyl (C=O) groups excluding carboxylic acids is 2. The molecule has 0 amide bonds. The number of benzene rings is 5. The molecule has 0 radical (unpaired) electrons. The number of ether oxygens (including phenoxy) is 1. The molecule has 7 rings (SSSR count). The second-order valence-corrected chi connectivity index (χ2v) is 16.0. The summed E-state index contributed by atoms with van der Waals surface area (Å²) in [5.41, 5.74) is 5.80. The molecule has 0 spiro atoms. The van der Waals surface area contributed by atoms with E-state index in [1.54, 1.807) is 30.4 Å². The van der Waals surface area contributed by atoms with Gasteiger partial charge in [0.05, 0.1) is 12.2 Å². The number of ketones is 1. The predicted molar refractivity (Wildman–Crippen MR) is 211 cm³/mol. The van der Waals surface area contributed by atoms with Gasteiger partial charge in [-0.15, -0.1) is 11.3 Å². The van der Waals surface area contributed by atoms with Crippen LogP contribution in [0.3, 0.4) is 0 Å². The summed E-state index contributed by atoms with van der Waals surface area (Å²) in [4.78, 5) is 26.1. The summed E-state index contributed by atoms with van der Waals surface area (Å²) in [6.45, 7) is 6.63. The van der Waals surface area contributed by atoms with Crippen LogP contribution in [-0.2, 0) is 16.6 Å². The number of rotatable bonds is 9. The van der Waals surface area contributed by atoms with E-state index >= 15 is 0 Å². The minimum absolute atomic E-state index is 0.0423. The summed E-state index contributed by atoms with van der Waals surface area (Å²) in [6.07, 6.45) is 3.58. The topological polar surface area (TPSA) is 43.4 Å². The molecule has 0 atom stereocenters. The molecule has 5 aromatic carbocycles. The van der Waals surface area contributed by atoms with Crippen molar-refractivity contribution >= 4 is 52.5 Å². The Labute approximate surface area is 301 Å². The lowest BCUT2D eigenvalue weighted by molar-refractivity contribution is 0.0526. The number of hydrogen-bond acceptors (Lipinski definition) is 4. The van der Waals surface area contributed by atoms with Gasteiger partial charge in [-0.2, -0.15) is 0 Å². The van der Waals surface area contributed by atoms with Gasteiger partial charge in [-0.05, 0) is 94.5 Å². The number of thiophene rings is 1. The van der Waals surface area contributed by atoms with Crippen molar-refractivity contribution in [3.8, 4) is 0 Å². The fourth-order valence-electron chi connectivity index (χ4n) is 6.21. The maximum atomic E-state index is 13.1. The monoisotopic (exact) mass is 692 g/mol. The van der Waals surface area contributed by atoms with E-state index < -0.39 is 7.92 Å². The molecule has 0 bridgehead atoms. The largest absolute Gasteiger partial charge is 0.462 e. The van der Waals surface area contributed by atoms with E-state index in [0.29, 0.717) is 24.2 Å². The smallest absolute Gasteiger partial charge is 0.338 e. The standard InChI is InChI=1S/C27H26O3S.C18H15P/c1-4-30-26(29)19-9-7-18(8-10-19)16-24(28)20-11-12-23-22(17-20)21(13-14-27(23,2)3)25-6-5-15-31-25;1-4-10-16(11-5-1)19(17-12-6-2-7-13-17)18-14-8-3-9-15-18/h5-13,15,17H,4,14,16H2,1-3H3;1-15H. The summed E-state index contributed by atoms with van der Waals surface area (Å²) in [5, 5.41) is 6.28. The number of fused-ring (bicyclic) bond motifs is 1. The predicted octanol–water partition coefficient (Wildman–Crippen LogP) is 9.91. The number of carbonyl (C=O) groups is 2. The molecule has 0 saturated carbocycles. The Balaban J connectivity index is 0.000000194. The van der Waals surface area contributed by atoms with Crippen LogP contribution in [0.5, 0.6) is 0 Å². The first-order chi connectivity index (χ1) is 24.3. The second kappa shape index (κ2) is 16.2. The van der Waals surface area contributed by atoms with Crippen LogP contribution >= 0.6 is 19.3 Å². The van der Waals surface area contributed by atoms with Crippen LogP contribution in [0.1, 0.15) is 69.5 Å². The summed E-state index contributed by atoms with van der Waals surface area (Å²) < 4.78 is 5.02. The van der Waals surface area contributed by atoms with E-state index in [4.69, 9.17) is 4.74 Å². The van der Waals surface area contributed by atoms with Crippen molar-refractivity contribution in [2.24, 2.45) is 0 Å². The molecule has 1 aliphatic rings. The molecule has 0 fully saturated rings. The van der Waals surface area contributed by atoms with Crippen molar-refractivity contribution < 1.29 is 14.3 Å². The second-order valence-electron chi connectivity index (χ2n) is 12.8. The SMILES string of the molecule is CCOC(=O)c1ccc(CC(=O)c2ccc3c(c2)C(c2cccs2)=CCC3(C)C)cc1.c1ccc(P(c2ccccc2)c2ccccc2)cc1. The number of Topliss-reactive ketones (excluding diaryl/α,β-unsaturated/α-hetero) is 1. The maximum Gasteiger partial charge on any atom is 0.338 e. The molecular weight excluding hydrogens is 652 g/mol. The molecule has 0 unspecified atom stereocenters. The minimum atomic E-state index is -0.446. The molecule has 50 heavy (non-hydrogen) atoms. The molecule has 6 aromatic rings. The fourth-order valence-corrected chi connectivity index (χ4v) is 9.30. The van der Waals surface area contributed by atoms with Gasteiger partial charge < -0.3 is 4.74 Å². The van der Waals surface area contributed by atoms with Gasteiger partial charge in [0.25, 0.3) is 0 Å². The fraction of sp³-hybridized carbons (Fsp3) is 0.156. The molecule has 3 nitrogen and oxygen atoms in total. The van der Waals surface area contributed by atoms with E-state index in [9.17, 15) is 9.59 Å². The van der Waals surface area contributed by atoms with Crippen LogP contribution in [0.2, 0.25) is 0 Å². The van der Waals surface area contributed by atoms with E-state index in [2.05, 4.69) is 141 Å². The third-order valence-corrected chi connectivity index (χ3v) is 12.2. The zero-order valence-electron chi connectivity index (χ0n) is 28.7. The molecule has 0 saturated heterocycles. The Hall–Kier alpha value is -4.89. The van der Waals surface area contributed by atoms with Crippen LogP contribution in [-0.4, -0.2) is 18.4 Å². The number of allylic oxidation sites excluding steroid dienone is 1. The zero-order valence-corrected chi connectivity index (χ0v) is 30.4. The van der Waals surface area contributed by atoms with Gasteiger partial charge in [0.1, 0.15) is 0 Å². The summed E-state index contributed by atoms with van der Waals surface area (Å²) >= 11 is 1.73. The van der Waals surface area contributed by atoms with Crippen LogP contribution in [0.25, 0.3) is 5.57 Å². The molecule has 0 aliphatic heterocycles. The molecule has 5 heteroatoms. The molecular formula is C45H41O3PS. The normalized spacial score (nSPS) is 13.0. The Kier molecular flexibility index (Phi) is 11.3. The van der Waals surface area contributed by atoms with Gasteiger partial charge >= 0.3 is 5.97 Å². The average molecular weight is 693 g/mol. The highest BCUT2D eigenvalue weighted by Crippen LogP contribution is 2.42.